The van der Waals surface area contributed by atoms with Crippen molar-refractivity contribution in [2.45, 2.75) is 27.7 Å². The van der Waals surface area contributed by atoms with Gasteiger partial charge in [-0.15, -0.1) is 0 Å². The van der Waals surface area contributed by atoms with Crippen molar-refractivity contribution >= 4 is 22.6 Å². The SMILES string of the molecule is CCN(CC)c1c(-c2ccc(C)cc2)nc2ccc(C)cc2c1C(=O)O. The zero-order valence-electron chi connectivity index (χ0n) is 15.7. The van der Waals surface area contributed by atoms with Crippen molar-refractivity contribution in [3.05, 3.63) is 59.2 Å². The van der Waals surface area contributed by atoms with Crippen molar-refractivity contribution < 1.29 is 9.90 Å². The molecule has 1 N–H and O–H groups in total. The Labute approximate surface area is 154 Å². The van der Waals surface area contributed by atoms with E-state index < -0.39 is 5.97 Å². The highest BCUT2D eigenvalue weighted by atomic mass is 16.4. The lowest BCUT2D eigenvalue weighted by molar-refractivity contribution is 0.0699. The minimum Gasteiger partial charge on any atom is -0.478 e. The standard InChI is InChI=1S/C22H24N2O2/c1-5-24(6-2)21-19(22(25)26)17-13-15(4)9-12-18(17)23-20(21)16-10-7-14(3)8-11-16/h7-13H,5-6H2,1-4H3,(H,25,26). The Hall–Kier alpha value is -2.88. The second-order valence-electron chi connectivity index (χ2n) is 6.55. The Kier molecular flexibility index (Phi) is 4.94. The molecule has 0 saturated heterocycles. The summed E-state index contributed by atoms with van der Waals surface area (Å²) in [7, 11) is 0. The van der Waals surface area contributed by atoms with E-state index in [1.54, 1.807) is 0 Å². The maximum absolute atomic E-state index is 12.3. The molecule has 0 aliphatic rings. The molecule has 0 spiro atoms. The van der Waals surface area contributed by atoms with Crippen LogP contribution in [0.5, 0.6) is 0 Å². The molecule has 0 amide bonds. The molecule has 1 aromatic heterocycles. The molecule has 0 bridgehead atoms. The fourth-order valence-corrected chi connectivity index (χ4v) is 3.34. The topological polar surface area (TPSA) is 53.4 Å². The van der Waals surface area contributed by atoms with Crippen molar-refractivity contribution in [2.24, 2.45) is 0 Å². The number of carboxylic acid groups (broad SMARTS) is 1. The number of benzene rings is 2. The van der Waals surface area contributed by atoms with E-state index >= 15 is 0 Å². The van der Waals surface area contributed by atoms with Gasteiger partial charge >= 0.3 is 5.97 Å². The fraction of sp³-hybridized carbons (Fsp3) is 0.273. The van der Waals surface area contributed by atoms with Crippen LogP contribution in [-0.2, 0) is 0 Å². The molecule has 4 heteroatoms. The van der Waals surface area contributed by atoms with Crippen LogP contribution < -0.4 is 4.90 Å². The van der Waals surface area contributed by atoms with Crippen LogP contribution in [0.2, 0.25) is 0 Å². The maximum atomic E-state index is 12.3. The van der Waals surface area contributed by atoms with Gasteiger partial charge in [-0.2, -0.15) is 0 Å². The largest absolute Gasteiger partial charge is 0.478 e. The smallest absolute Gasteiger partial charge is 0.338 e. The van der Waals surface area contributed by atoms with Crippen LogP contribution in [0.3, 0.4) is 0 Å². The minimum absolute atomic E-state index is 0.331. The van der Waals surface area contributed by atoms with Gasteiger partial charge in [0.1, 0.15) is 0 Å². The summed E-state index contributed by atoms with van der Waals surface area (Å²) in [6.45, 7) is 9.51. The third-order valence-electron chi connectivity index (χ3n) is 4.73. The third kappa shape index (κ3) is 3.15. The first kappa shape index (κ1) is 17.9. The van der Waals surface area contributed by atoms with Gasteiger partial charge in [-0.3, -0.25) is 0 Å². The quantitative estimate of drug-likeness (QED) is 0.700. The molecular formula is C22H24N2O2. The van der Waals surface area contributed by atoms with Crippen LogP contribution in [0.4, 0.5) is 5.69 Å². The molecule has 0 aliphatic heterocycles. The molecule has 134 valence electrons. The first-order valence-electron chi connectivity index (χ1n) is 8.95. The lowest BCUT2D eigenvalue weighted by Gasteiger charge is -2.26. The molecule has 26 heavy (non-hydrogen) atoms. The number of aryl methyl sites for hydroxylation is 2. The molecule has 0 unspecified atom stereocenters. The number of hydrogen-bond donors (Lipinski definition) is 1. The van der Waals surface area contributed by atoms with Gasteiger partial charge in [0, 0.05) is 24.0 Å². The van der Waals surface area contributed by atoms with Gasteiger partial charge in [-0.1, -0.05) is 41.5 Å². The van der Waals surface area contributed by atoms with Gasteiger partial charge in [0.05, 0.1) is 22.5 Å². The van der Waals surface area contributed by atoms with E-state index in [2.05, 4.69) is 4.90 Å². The second kappa shape index (κ2) is 7.16. The molecule has 1 heterocycles. The van der Waals surface area contributed by atoms with E-state index in [-0.39, 0.29) is 0 Å². The van der Waals surface area contributed by atoms with Gasteiger partial charge < -0.3 is 10.0 Å². The van der Waals surface area contributed by atoms with Crippen LogP contribution in [0.25, 0.3) is 22.2 Å². The summed E-state index contributed by atoms with van der Waals surface area (Å²) >= 11 is 0. The fourth-order valence-electron chi connectivity index (χ4n) is 3.34. The van der Waals surface area contributed by atoms with Crippen molar-refractivity contribution in [3.63, 3.8) is 0 Å². The Bertz CT molecular complexity index is 958. The van der Waals surface area contributed by atoms with E-state index in [9.17, 15) is 9.90 Å². The number of carbonyl (C=O) groups is 1. The Morgan fingerprint density at radius 1 is 1.00 bits per heavy atom. The maximum Gasteiger partial charge on any atom is 0.338 e. The van der Waals surface area contributed by atoms with Gasteiger partial charge in [-0.25, -0.2) is 9.78 Å². The van der Waals surface area contributed by atoms with Crippen molar-refractivity contribution in [1.82, 2.24) is 4.98 Å². The van der Waals surface area contributed by atoms with Crippen LogP contribution in [0.15, 0.2) is 42.5 Å². The zero-order chi connectivity index (χ0) is 18.8. The van der Waals surface area contributed by atoms with E-state index in [0.717, 1.165) is 22.4 Å². The molecular weight excluding hydrogens is 324 g/mol. The average molecular weight is 348 g/mol. The van der Waals surface area contributed by atoms with E-state index in [1.807, 2.05) is 70.2 Å². The van der Waals surface area contributed by atoms with Gasteiger partial charge in [0.15, 0.2) is 0 Å². The molecule has 2 aromatic carbocycles. The summed E-state index contributed by atoms with van der Waals surface area (Å²) in [4.78, 5) is 19.2. The summed E-state index contributed by atoms with van der Waals surface area (Å²) in [5, 5.41) is 10.7. The summed E-state index contributed by atoms with van der Waals surface area (Å²) in [6, 6.07) is 13.9. The highest BCUT2D eigenvalue weighted by molar-refractivity contribution is 6.10. The van der Waals surface area contributed by atoms with Crippen LogP contribution in [0, 0.1) is 13.8 Å². The first-order chi connectivity index (χ1) is 12.5. The minimum atomic E-state index is -0.918. The van der Waals surface area contributed by atoms with Crippen LogP contribution >= 0.6 is 0 Å². The van der Waals surface area contributed by atoms with Crippen molar-refractivity contribution in [2.75, 3.05) is 18.0 Å². The number of anilines is 1. The zero-order valence-corrected chi connectivity index (χ0v) is 15.7. The first-order valence-corrected chi connectivity index (χ1v) is 8.95. The lowest BCUT2D eigenvalue weighted by atomic mass is 9.98. The molecule has 0 saturated carbocycles. The van der Waals surface area contributed by atoms with Crippen molar-refractivity contribution in [1.29, 1.82) is 0 Å². The Balaban J connectivity index is 2.45. The third-order valence-corrected chi connectivity index (χ3v) is 4.73. The molecule has 0 atom stereocenters. The highest BCUT2D eigenvalue weighted by Crippen LogP contribution is 2.37. The van der Waals surface area contributed by atoms with Crippen LogP contribution in [-0.4, -0.2) is 29.1 Å². The molecule has 0 fully saturated rings. The van der Waals surface area contributed by atoms with Gasteiger partial charge in [-0.05, 0) is 39.8 Å². The number of fused-ring (bicyclic) bond motifs is 1. The number of hydrogen-bond acceptors (Lipinski definition) is 3. The Morgan fingerprint density at radius 2 is 1.62 bits per heavy atom. The number of rotatable bonds is 5. The monoisotopic (exact) mass is 348 g/mol. The molecule has 3 aromatic rings. The molecule has 0 radical (unpaired) electrons. The van der Waals surface area contributed by atoms with E-state index in [4.69, 9.17) is 4.98 Å². The normalized spacial score (nSPS) is 10.9. The second-order valence-corrected chi connectivity index (χ2v) is 6.55. The number of carboxylic acids is 1. The lowest BCUT2D eigenvalue weighted by Crippen LogP contribution is -2.25. The number of pyridine rings is 1. The van der Waals surface area contributed by atoms with Crippen LogP contribution in [0.1, 0.15) is 35.3 Å². The molecule has 3 rings (SSSR count). The predicted molar refractivity (Wildman–Crippen MR) is 107 cm³/mol. The van der Waals surface area contributed by atoms with E-state index in [1.165, 1.54) is 0 Å². The van der Waals surface area contributed by atoms with Crippen molar-refractivity contribution in [3.8, 4) is 11.3 Å². The number of aromatic nitrogens is 1. The number of nitrogens with zero attached hydrogens (tertiary/aromatic N) is 2. The summed E-state index contributed by atoms with van der Waals surface area (Å²) in [5.74, 6) is -0.918. The van der Waals surface area contributed by atoms with Gasteiger partial charge in [0.25, 0.3) is 0 Å². The number of aromatic carboxylic acids is 1. The Morgan fingerprint density at radius 3 is 2.19 bits per heavy atom. The van der Waals surface area contributed by atoms with E-state index in [0.29, 0.717) is 35.2 Å². The molecule has 4 nitrogen and oxygen atoms in total. The summed E-state index contributed by atoms with van der Waals surface area (Å²) < 4.78 is 0. The predicted octanol–water partition coefficient (Wildman–Crippen LogP) is 5.06. The highest BCUT2D eigenvalue weighted by Gasteiger charge is 2.24. The molecule has 0 aliphatic carbocycles. The summed E-state index contributed by atoms with van der Waals surface area (Å²) in [6.07, 6.45) is 0. The summed E-state index contributed by atoms with van der Waals surface area (Å²) in [5.41, 5.74) is 5.58. The van der Waals surface area contributed by atoms with Gasteiger partial charge in [0.2, 0.25) is 0 Å². The average Bonchev–Trinajstić information content (AvgIpc) is 2.62.